The predicted octanol–water partition coefficient (Wildman–Crippen LogP) is 3.90. The maximum Gasteiger partial charge on any atom is 0.418 e. The molecule has 1 nitrogen and oxygen atoms in total. The standard InChI is InChI=1S/C8H6Cl2F3N/c1-3-2-4(14)6(9)7(10)5(3)8(11,12)13/h2H,14H2,1H3. The maximum atomic E-state index is 12.4. The summed E-state index contributed by atoms with van der Waals surface area (Å²) >= 11 is 11.0. The summed E-state index contributed by atoms with van der Waals surface area (Å²) < 4.78 is 37.3. The first-order valence-corrected chi connectivity index (χ1v) is 4.32. The van der Waals surface area contributed by atoms with Gasteiger partial charge in [-0.05, 0) is 18.6 Å². The summed E-state index contributed by atoms with van der Waals surface area (Å²) in [6, 6.07) is 1.15. The molecule has 0 unspecified atom stereocenters. The van der Waals surface area contributed by atoms with Crippen LogP contribution in [-0.2, 0) is 6.18 Å². The highest BCUT2D eigenvalue weighted by molar-refractivity contribution is 6.44. The Morgan fingerprint density at radius 2 is 1.71 bits per heavy atom. The summed E-state index contributed by atoms with van der Waals surface area (Å²) in [6.45, 7) is 1.28. The molecule has 1 aromatic rings. The van der Waals surface area contributed by atoms with E-state index in [2.05, 4.69) is 0 Å². The van der Waals surface area contributed by atoms with Crippen molar-refractivity contribution in [3.63, 3.8) is 0 Å². The number of halogens is 5. The van der Waals surface area contributed by atoms with Gasteiger partial charge in [0.25, 0.3) is 0 Å². The van der Waals surface area contributed by atoms with Gasteiger partial charge < -0.3 is 5.73 Å². The molecule has 0 aromatic heterocycles. The molecule has 0 atom stereocenters. The van der Waals surface area contributed by atoms with E-state index in [0.717, 1.165) is 6.07 Å². The first kappa shape index (κ1) is 11.5. The minimum atomic E-state index is -4.52. The number of benzene rings is 1. The second kappa shape index (κ2) is 3.51. The van der Waals surface area contributed by atoms with Gasteiger partial charge >= 0.3 is 6.18 Å². The van der Waals surface area contributed by atoms with Crippen LogP contribution < -0.4 is 5.73 Å². The van der Waals surface area contributed by atoms with Gasteiger partial charge in [0, 0.05) is 0 Å². The van der Waals surface area contributed by atoms with Gasteiger partial charge in [0.15, 0.2) is 0 Å². The quantitative estimate of drug-likeness (QED) is 0.688. The fraction of sp³-hybridized carbons (Fsp3) is 0.250. The lowest BCUT2D eigenvalue weighted by molar-refractivity contribution is -0.137. The van der Waals surface area contributed by atoms with E-state index in [-0.39, 0.29) is 16.3 Å². The molecule has 14 heavy (non-hydrogen) atoms. The average Bonchev–Trinajstić information content (AvgIpc) is 1.97. The molecule has 0 radical (unpaired) electrons. The fourth-order valence-electron chi connectivity index (χ4n) is 1.13. The average molecular weight is 244 g/mol. The lowest BCUT2D eigenvalue weighted by Crippen LogP contribution is -2.09. The Balaban J connectivity index is 3.53. The normalized spacial score (nSPS) is 11.9. The van der Waals surface area contributed by atoms with Gasteiger partial charge in [-0.3, -0.25) is 0 Å². The molecule has 1 aromatic carbocycles. The molecule has 78 valence electrons. The maximum absolute atomic E-state index is 12.4. The number of nitrogens with two attached hydrogens (primary N) is 1. The highest BCUT2D eigenvalue weighted by Gasteiger charge is 2.36. The Kier molecular flexibility index (Phi) is 2.88. The van der Waals surface area contributed by atoms with Gasteiger partial charge in [-0.2, -0.15) is 13.2 Å². The molecule has 6 heteroatoms. The molecule has 0 heterocycles. The van der Waals surface area contributed by atoms with Crippen LogP contribution >= 0.6 is 23.2 Å². The monoisotopic (exact) mass is 243 g/mol. The summed E-state index contributed by atoms with van der Waals surface area (Å²) in [4.78, 5) is 0. The van der Waals surface area contributed by atoms with Crippen LogP contribution in [0.25, 0.3) is 0 Å². The second-order valence-electron chi connectivity index (χ2n) is 2.78. The van der Waals surface area contributed by atoms with Gasteiger partial charge in [-0.25, -0.2) is 0 Å². The minimum absolute atomic E-state index is 0.0376. The first-order chi connectivity index (χ1) is 6.25. The molecule has 1 rings (SSSR count). The molecule has 0 aliphatic carbocycles. The summed E-state index contributed by atoms with van der Waals surface area (Å²) in [5, 5.41) is -0.804. The zero-order valence-corrected chi connectivity index (χ0v) is 8.56. The van der Waals surface area contributed by atoms with Crippen molar-refractivity contribution < 1.29 is 13.2 Å². The first-order valence-electron chi connectivity index (χ1n) is 3.56. The SMILES string of the molecule is Cc1cc(N)c(Cl)c(Cl)c1C(F)(F)F. The van der Waals surface area contributed by atoms with Crippen molar-refractivity contribution in [1.82, 2.24) is 0 Å². The van der Waals surface area contributed by atoms with Crippen molar-refractivity contribution in [2.75, 3.05) is 5.73 Å². The van der Waals surface area contributed by atoms with E-state index in [1.165, 1.54) is 6.92 Å². The lowest BCUT2D eigenvalue weighted by Gasteiger charge is -2.14. The third-order valence-electron chi connectivity index (χ3n) is 1.72. The van der Waals surface area contributed by atoms with Gasteiger partial charge in [0.2, 0.25) is 0 Å². The lowest BCUT2D eigenvalue weighted by atomic mass is 10.1. The number of alkyl halides is 3. The van der Waals surface area contributed by atoms with E-state index < -0.39 is 16.8 Å². The summed E-state index contributed by atoms with van der Waals surface area (Å²) in [6.07, 6.45) is -4.52. The molecule has 0 saturated carbocycles. The van der Waals surface area contributed by atoms with E-state index in [1.807, 2.05) is 0 Å². The largest absolute Gasteiger partial charge is 0.418 e. The second-order valence-corrected chi connectivity index (χ2v) is 3.54. The van der Waals surface area contributed by atoms with E-state index in [0.29, 0.717) is 0 Å². The van der Waals surface area contributed by atoms with Crippen LogP contribution in [0.4, 0.5) is 18.9 Å². The summed E-state index contributed by atoms with van der Waals surface area (Å²) in [5.41, 5.74) is 4.42. The number of aryl methyl sites for hydroxylation is 1. The van der Waals surface area contributed by atoms with E-state index in [1.54, 1.807) is 0 Å². The van der Waals surface area contributed by atoms with E-state index in [4.69, 9.17) is 28.9 Å². The number of rotatable bonds is 0. The molecule has 0 aliphatic rings. The van der Waals surface area contributed by atoms with Gasteiger partial charge in [0.05, 0.1) is 21.3 Å². The highest BCUT2D eigenvalue weighted by atomic mass is 35.5. The number of hydrogen-bond acceptors (Lipinski definition) is 1. The molecule has 2 N–H and O–H groups in total. The Bertz CT molecular complexity index is 374. The third-order valence-corrected chi connectivity index (χ3v) is 2.60. The van der Waals surface area contributed by atoms with Crippen molar-refractivity contribution >= 4 is 28.9 Å². The fourth-order valence-corrected chi connectivity index (χ4v) is 1.64. The van der Waals surface area contributed by atoms with Crippen LogP contribution in [0.3, 0.4) is 0 Å². The molecule has 0 aliphatic heterocycles. The van der Waals surface area contributed by atoms with Crippen LogP contribution in [0.5, 0.6) is 0 Å². The summed E-state index contributed by atoms with van der Waals surface area (Å²) in [7, 11) is 0. The zero-order chi connectivity index (χ0) is 11.1. The minimum Gasteiger partial charge on any atom is -0.397 e. The molecule has 0 fully saturated rings. The Hall–Kier alpha value is -0.610. The van der Waals surface area contributed by atoms with Gasteiger partial charge in [-0.1, -0.05) is 23.2 Å². The number of anilines is 1. The van der Waals surface area contributed by atoms with E-state index in [9.17, 15) is 13.2 Å². The topological polar surface area (TPSA) is 26.0 Å². The Morgan fingerprint density at radius 3 is 2.14 bits per heavy atom. The highest BCUT2D eigenvalue weighted by Crippen LogP contribution is 2.42. The van der Waals surface area contributed by atoms with Crippen molar-refractivity contribution in [3.8, 4) is 0 Å². The van der Waals surface area contributed by atoms with Crippen LogP contribution in [0.2, 0.25) is 10.0 Å². The predicted molar refractivity (Wildman–Crippen MR) is 50.6 cm³/mol. The van der Waals surface area contributed by atoms with Crippen LogP contribution in [-0.4, -0.2) is 0 Å². The molecular formula is C8H6Cl2F3N. The van der Waals surface area contributed by atoms with Crippen LogP contribution in [0.1, 0.15) is 11.1 Å². The molecule has 0 amide bonds. The van der Waals surface area contributed by atoms with Crippen molar-refractivity contribution in [3.05, 3.63) is 27.2 Å². The molecule has 0 bridgehead atoms. The van der Waals surface area contributed by atoms with Crippen LogP contribution in [0.15, 0.2) is 6.07 Å². The van der Waals surface area contributed by atoms with Crippen molar-refractivity contribution in [2.45, 2.75) is 13.1 Å². The smallest absolute Gasteiger partial charge is 0.397 e. The molecule has 0 spiro atoms. The Labute approximate surface area is 88.6 Å². The van der Waals surface area contributed by atoms with E-state index >= 15 is 0 Å². The van der Waals surface area contributed by atoms with Gasteiger partial charge in [-0.15, -0.1) is 0 Å². The Morgan fingerprint density at radius 1 is 1.21 bits per heavy atom. The number of nitrogen functional groups attached to an aromatic ring is 1. The third kappa shape index (κ3) is 1.91. The summed E-state index contributed by atoms with van der Waals surface area (Å²) in [5.74, 6) is 0. The van der Waals surface area contributed by atoms with Crippen LogP contribution in [0, 0.1) is 6.92 Å². The molecule has 0 saturated heterocycles. The zero-order valence-electron chi connectivity index (χ0n) is 7.04. The van der Waals surface area contributed by atoms with Crippen molar-refractivity contribution in [1.29, 1.82) is 0 Å². The number of hydrogen-bond donors (Lipinski definition) is 1. The van der Waals surface area contributed by atoms with Crippen molar-refractivity contribution in [2.24, 2.45) is 0 Å². The van der Waals surface area contributed by atoms with Gasteiger partial charge in [0.1, 0.15) is 0 Å². The molecular weight excluding hydrogens is 238 g/mol.